The first-order chi connectivity index (χ1) is 21.5. The molecule has 0 aliphatic carbocycles. The molecule has 0 unspecified atom stereocenters. The van der Waals surface area contributed by atoms with E-state index in [1.165, 1.54) is 6.20 Å². The molecule has 7 aromatic rings. The minimum absolute atomic E-state index is 0.244. The van der Waals surface area contributed by atoms with Gasteiger partial charge in [0.15, 0.2) is 0 Å². The van der Waals surface area contributed by atoms with Crippen molar-refractivity contribution in [2.75, 3.05) is 12.8 Å². The van der Waals surface area contributed by atoms with Crippen LogP contribution in [-0.2, 0) is 6.54 Å². The third-order valence-electron chi connectivity index (χ3n) is 7.62. The number of H-pyrrole nitrogens is 1. The number of aryl methyl sites for hydroxylation is 1. The quantitative estimate of drug-likeness (QED) is 0.216. The van der Waals surface area contributed by atoms with Crippen molar-refractivity contribution in [2.45, 2.75) is 13.5 Å². The van der Waals surface area contributed by atoms with Crippen molar-refractivity contribution in [3.8, 4) is 33.8 Å². The number of pyridine rings is 2. The van der Waals surface area contributed by atoms with E-state index >= 15 is 0 Å². The maximum Gasteiger partial charge on any atom is 0.214 e. The number of ether oxygens (including phenoxy) is 1. The number of nitrogen functional groups attached to an aromatic ring is 1. The first kappa shape index (κ1) is 26.8. The van der Waals surface area contributed by atoms with Gasteiger partial charge < -0.3 is 20.0 Å². The molecule has 0 aliphatic rings. The summed E-state index contributed by atoms with van der Waals surface area (Å²) < 4.78 is 8.95. The Balaban J connectivity index is 1.39. The summed E-state index contributed by atoms with van der Waals surface area (Å²) in [5, 5.41) is 4.52. The fourth-order valence-electron chi connectivity index (χ4n) is 5.50. The molecule has 2 aromatic carbocycles. The highest BCUT2D eigenvalue weighted by Gasteiger charge is 2.26. The molecule has 0 saturated carbocycles. The predicted octanol–water partition coefficient (Wildman–Crippen LogP) is 5.85. The molecular formula is C34H28N8O2. The van der Waals surface area contributed by atoms with Gasteiger partial charge in [-0.2, -0.15) is 5.10 Å². The van der Waals surface area contributed by atoms with Crippen LogP contribution in [-0.4, -0.2) is 47.2 Å². The van der Waals surface area contributed by atoms with Crippen molar-refractivity contribution in [2.24, 2.45) is 0 Å². The van der Waals surface area contributed by atoms with Crippen LogP contribution >= 0.6 is 0 Å². The number of fused-ring (bicyclic) bond motifs is 1. The van der Waals surface area contributed by atoms with Crippen LogP contribution in [0.1, 0.15) is 27.4 Å². The van der Waals surface area contributed by atoms with Crippen molar-refractivity contribution in [3.63, 3.8) is 0 Å². The number of nitrogens with zero attached hydrogens (tertiary/aromatic N) is 6. The molecule has 0 radical (unpaired) electrons. The topological polar surface area (TPSA) is 130 Å². The van der Waals surface area contributed by atoms with Crippen molar-refractivity contribution in [3.05, 3.63) is 126 Å². The molecule has 5 heterocycles. The number of nitrogens with two attached hydrogens (primary N) is 1. The van der Waals surface area contributed by atoms with Gasteiger partial charge >= 0.3 is 0 Å². The highest BCUT2D eigenvalue weighted by atomic mass is 16.5. The normalized spacial score (nSPS) is 11.2. The Morgan fingerprint density at radius 1 is 0.932 bits per heavy atom. The van der Waals surface area contributed by atoms with E-state index in [0.717, 1.165) is 56.2 Å². The molecular weight excluding hydrogens is 552 g/mol. The SMILES string of the molecule is COc1ccc(Cn2c(C(=O)c3cnn(-c4ccc5nc(C)[nH]c5c4)c3N)cc(-c3cccnc3)c2-c2cccnc2)cc1. The molecule has 0 bridgehead atoms. The summed E-state index contributed by atoms with van der Waals surface area (Å²) in [6.07, 6.45) is 8.57. The van der Waals surface area contributed by atoms with E-state index in [1.54, 1.807) is 36.6 Å². The van der Waals surface area contributed by atoms with Gasteiger partial charge in [0.1, 0.15) is 17.4 Å². The zero-order chi connectivity index (χ0) is 30.2. The number of hydrogen-bond acceptors (Lipinski definition) is 7. The number of carbonyl (C=O) groups is 1. The number of methoxy groups -OCH3 is 1. The summed E-state index contributed by atoms with van der Waals surface area (Å²) in [4.78, 5) is 30.9. The van der Waals surface area contributed by atoms with E-state index in [9.17, 15) is 4.79 Å². The molecule has 10 heteroatoms. The van der Waals surface area contributed by atoms with Crippen LogP contribution in [0.3, 0.4) is 0 Å². The number of imidazole rings is 1. The zero-order valence-corrected chi connectivity index (χ0v) is 24.1. The van der Waals surface area contributed by atoms with E-state index in [-0.39, 0.29) is 11.6 Å². The summed E-state index contributed by atoms with van der Waals surface area (Å²) in [5.74, 6) is 1.56. The van der Waals surface area contributed by atoms with Crippen LogP contribution in [0.2, 0.25) is 0 Å². The van der Waals surface area contributed by atoms with Gasteiger partial charge in [-0.1, -0.05) is 18.2 Å². The second-order valence-corrected chi connectivity index (χ2v) is 10.4. The molecule has 0 aliphatic heterocycles. The number of carbonyl (C=O) groups excluding carboxylic acids is 1. The van der Waals surface area contributed by atoms with Gasteiger partial charge in [-0.25, -0.2) is 9.67 Å². The molecule has 3 N–H and O–H groups in total. The number of ketones is 1. The number of hydrogen-bond donors (Lipinski definition) is 2. The molecule has 44 heavy (non-hydrogen) atoms. The Kier molecular flexibility index (Phi) is 6.71. The smallest absolute Gasteiger partial charge is 0.214 e. The molecule has 10 nitrogen and oxygen atoms in total. The number of nitrogens with one attached hydrogen (secondary N) is 1. The maximum atomic E-state index is 14.4. The number of aromatic amines is 1. The summed E-state index contributed by atoms with van der Waals surface area (Å²) in [5.41, 5.74) is 14.3. The zero-order valence-electron chi connectivity index (χ0n) is 24.1. The third kappa shape index (κ3) is 4.78. The summed E-state index contributed by atoms with van der Waals surface area (Å²) in [6.45, 7) is 2.32. The minimum Gasteiger partial charge on any atom is -0.497 e. The lowest BCUT2D eigenvalue weighted by atomic mass is 10.0. The Bertz CT molecular complexity index is 2110. The van der Waals surface area contributed by atoms with Gasteiger partial charge in [0.25, 0.3) is 0 Å². The lowest BCUT2D eigenvalue weighted by Gasteiger charge is -2.15. The molecule has 0 amide bonds. The predicted molar refractivity (Wildman–Crippen MR) is 169 cm³/mol. The number of anilines is 1. The fraction of sp³-hybridized carbons (Fsp3) is 0.0882. The Hall–Kier alpha value is -6.03. The van der Waals surface area contributed by atoms with Crippen LogP contribution in [0.5, 0.6) is 5.75 Å². The number of aromatic nitrogens is 7. The number of rotatable bonds is 8. The fourth-order valence-corrected chi connectivity index (χ4v) is 5.50. The number of benzene rings is 2. The molecule has 0 spiro atoms. The first-order valence-electron chi connectivity index (χ1n) is 14.0. The maximum absolute atomic E-state index is 14.4. The highest BCUT2D eigenvalue weighted by Crippen LogP contribution is 2.37. The van der Waals surface area contributed by atoms with Gasteiger partial charge in [-0.15, -0.1) is 0 Å². The molecule has 0 atom stereocenters. The average Bonchev–Trinajstić information content (AvgIpc) is 3.75. The summed E-state index contributed by atoms with van der Waals surface area (Å²) in [6, 6.07) is 23.1. The molecule has 216 valence electrons. The summed E-state index contributed by atoms with van der Waals surface area (Å²) >= 11 is 0. The Labute approximate surface area is 252 Å². The van der Waals surface area contributed by atoms with E-state index in [1.807, 2.05) is 84.3 Å². The van der Waals surface area contributed by atoms with Crippen LogP contribution in [0, 0.1) is 6.92 Å². The molecule has 0 saturated heterocycles. The monoisotopic (exact) mass is 580 g/mol. The van der Waals surface area contributed by atoms with Crippen molar-refractivity contribution in [1.82, 2.24) is 34.3 Å². The Morgan fingerprint density at radius 2 is 1.68 bits per heavy atom. The van der Waals surface area contributed by atoms with Crippen LogP contribution in [0.25, 0.3) is 39.1 Å². The van der Waals surface area contributed by atoms with E-state index < -0.39 is 0 Å². The van der Waals surface area contributed by atoms with Crippen LogP contribution in [0.4, 0.5) is 5.82 Å². The van der Waals surface area contributed by atoms with E-state index in [0.29, 0.717) is 17.8 Å². The van der Waals surface area contributed by atoms with Crippen molar-refractivity contribution in [1.29, 1.82) is 0 Å². The lowest BCUT2D eigenvalue weighted by Crippen LogP contribution is -2.14. The van der Waals surface area contributed by atoms with Crippen LogP contribution in [0.15, 0.2) is 104 Å². The summed E-state index contributed by atoms with van der Waals surface area (Å²) in [7, 11) is 1.64. The van der Waals surface area contributed by atoms with Gasteiger partial charge in [0, 0.05) is 48.0 Å². The highest BCUT2D eigenvalue weighted by molar-refractivity contribution is 6.12. The second kappa shape index (κ2) is 11.0. The van der Waals surface area contributed by atoms with Crippen LogP contribution < -0.4 is 10.5 Å². The Morgan fingerprint density at radius 3 is 2.39 bits per heavy atom. The molecule has 7 rings (SSSR count). The third-order valence-corrected chi connectivity index (χ3v) is 7.62. The van der Waals surface area contributed by atoms with Gasteiger partial charge in [-0.3, -0.25) is 14.8 Å². The molecule has 5 aromatic heterocycles. The van der Waals surface area contributed by atoms with Gasteiger partial charge in [0.2, 0.25) is 5.78 Å². The minimum atomic E-state index is -0.249. The van der Waals surface area contributed by atoms with Gasteiger partial charge in [0.05, 0.1) is 47.0 Å². The molecule has 0 fully saturated rings. The van der Waals surface area contributed by atoms with E-state index in [2.05, 4.69) is 25.0 Å². The largest absolute Gasteiger partial charge is 0.497 e. The van der Waals surface area contributed by atoms with Crippen molar-refractivity contribution >= 4 is 22.6 Å². The van der Waals surface area contributed by atoms with Gasteiger partial charge in [-0.05, 0) is 67.1 Å². The first-order valence-corrected chi connectivity index (χ1v) is 14.0. The van der Waals surface area contributed by atoms with Crippen molar-refractivity contribution < 1.29 is 9.53 Å². The second-order valence-electron chi connectivity index (χ2n) is 10.4. The lowest BCUT2D eigenvalue weighted by molar-refractivity contribution is 0.103. The average molecular weight is 581 g/mol. The standard InChI is InChI=1S/C34H28N8O2/c1-21-39-29-12-9-25(15-30(29)40-21)42-34(35)28(19-38-42)33(43)31-16-27(23-5-3-13-36-17-23)32(24-6-4-14-37-18-24)41(31)20-22-7-10-26(44-2)11-8-22/h3-19H,20,35H2,1-2H3,(H,39,40). The van der Waals surface area contributed by atoms with E-state index in [4.69, 9.17) is 10.5 Å².